The van der Waals surface area contributed by atoms with E-state index >= 15 is 0 Å². The molecule has 3 aromatic heterocycles. The highest BCUT2D eigenvalue weighted by Gasteiger charge is 2.30. The van der Waals surface area contributed by atoms with E-state index in [4.69, 9.17) is 4.52 Å². The van der Waals surface area contributed by atoms with E-state index in [1.165, 1.54) is 29.6 Å². The van der Waals surface area contributed by atoms with Crippen LogP contribution in [0.15, 0.2) is 59.6 Å². The Morgan fingerprint density at radius 2 is 1.89 bits per heavy atom. The van der Waals surface area contributed by atoms with E-state index < -0.39 is 17.5 Å². The topological polar surface area (TPSA) is 108 Å². The molecule has 5 aromatic rings. The van der Waals surface area contributed by atoms with Crippen LogP contribution < -0.4 is 4.90 Å². The van der Waals surface area contributed by atoms with Gasteiger partial charge in [-0.1, -0.05) is 23.4 Å². The first-order valence-corrected chi connectivity index (χ1v) is 11.5. The number of benzene rings is 2. The first kappa shape index (κ1) is 21.9. The predicted octanol–water partition coefficient (Wildman–Crippen LogP) is 3.75. The lowest BCUT2D eigenvalue weighted by molar-refractivity contribution is -0.126. The Morgan fingerprint density at radius 1 is 1.08 bits per heavy atom. The summed E-state index contributed by atoms with van der Waals surface area (Å²) in [6, 6.07) is 12.7. The number of amides is 1. The molecule has 10 heteroatoms. The number of aromatic amines is 1. The molecular formula is C26H21FN6O3. The van der Waals surface area contributed by atoms with Crippen LogP contribution in [-0.4, -0.2) is 62.9 Å². The molecule has 1 aliphatic heterocycles. The molecule has 6 rings (SSSR count). The van der Waals surface area contributed by atoms with Crippen molar-refractivity contribution in [3.63, 3.8) is 0 Å². The van der Waals surface area contributed by atoms with Gasteiger partial charge < -0.3 is 19.3 Å². The average molecular weight is 484 g/mol. The maximum atomic E-state index is 14.8. The van der Waals surface area contributed by atoms with Gasteiger partial charge in [-0.2, -0.15) is 4.98 Å². The minimum Gasteiger partial charge on any atom is -0.367 e. The molecule has 180 valence electrons. The Balaban J connectivity index is 1.24. The summed E-state index contributed by atoms with van der Waals surface area (Å²) in [4.78, 5) is 41.6. The summed E-state index contributed by atoms with van der Waals surface area (Å²) in [6.45, 7) is 3.84. The van der Waals surface area contributed by atoms with Crippen molar-refractivity contribution < 1.29 is 18.5 Å². The van der Waals surface area contributed by atoms with Crippen LogP contribution in [0.2, 0.25) is 0 Å². The van der Waals surface area contributed by atoms with Crippen LogP contribution in [0.25, 0.3) is 33.2 Å². The Hall–Kier alpha value is -4.60. The fraction of sp³-hybridized carbons (Fsp3) is 0.192. The summed E-state index contributed by atoms with van der Waals surface area (Å²) in [6.07, 6.45) is 2.53. The second-order valence-corrected chi connectivity index (χ2v) is 8.71. The highest BCUT2D eigenvalue weighted by atomic mass is 19.1. The zero-order chi connectivity index (χ0) is 24.8. The number of hydrogen-bond donors (Lipinski definition) is 1. The average Bonchev–Trinajstić information content (AvgIpc) is 3.59. The van der Waals surface area contributed by atoms with Gasteiger partial charge in [-0.25, -0.2) is 4.39 Å². The van der Waals surface area contributed by atoms with Crippen molar-refractivity contribution in [3.8, 4) is 11.4 Å². The highest BCUT2D eigenvalue weighted by Crippen LogP contribution is 2.31. The van der Waals surface area contributed by atoms with Gasteiger partial charge in [0, 0.05) is 60.1 Å². The number of fused-ring (bicyclic) bond motifs is 2. The zero-order valence-corrected chi connectivity index (χ0v) is 19.4. The Morgan fingerprint density at radius 3 is 2.67 bits per heavy atom. The number of hydrogen-bond acceptors (Lipinski definition) is 7. The lowest BCUT2D eigenvalue weighted by Gasteiger charge is -2.36. The monoisotopic (exact) mass is 484 g/mol. The number of aromatic nitrogens is 4. The third-order valence-electron chi connectivity index (χ3n) is 6.56. The third kappa shape index (κ3) is 3.58. The maximum Gasteiger partial charge on any atom is 0.295 e. The highest BCUT2D eigenvalue weighted by molar-refractivity contribution is 6.45. The minimum absolute atomic E-state index is 0.0176. The van der Waals surface area contributed by atoms with Gasteiger partial charge in [0.2, 0.25) is 12.2 Å². The standard InChI is InChI=1S/C26H21FN6O3/c1-15-12-21(16-4-2-3-5-20(16)30-15)32-8-10-33(11-9-32)26(35)24(34)18-13-28-23-17(25-29-14-36-31-25)6-7-19(27)22(18)23/h2-7,12-14,28H,8-11H2,1H3. The number of halogens is 1. The van der Waals surface area contributed by atoms with Gasteiger partial charge in [0.15, 0.2) is 0 Å². The minimum atomic E-state index is -0.760. The Labute approximate surface area is 204 Å². The normalized spacial score (nSPS) is 14.1. The van der Waals surface area contributed by atoms with Gasteiger partial charge in [0.05, 0.1) is 16.6 Å². The van der Waals surface area contributed by atoms with E-state index in [0.29, 0.717) is 37.3 Å². The largest absolute Gasteiger partial charge is 0.367 e. The Bertz CT molecular complexity index is 1620. The number of anilines is 1. The lowest BCUT2D eigenvalue weighted by Crippen LogP contribution is -2.50. The van der Waals surface area contributed by atoms with Crippen LogP contribution in [-0.2, 0) is 4.79 Å². The van der Waals surface area contributed by atoms with Crippen molar-refractivity contribution in [1.29, 1.82) is 0 Å². The van der Waals surface area contributed by atoms with Gasteiger partial charge in [0.25, 0.3) is 11.7 Å². The molecule has 1 N–H and O–H groups in total. The number of H-pyrrole nitrogens is 1. The van der Waals surface area contributed by atoms with Crippen LogP contribution in [0.3, 0.4) is 0 Å². The van der Waals surface area contributed by atoms with Crippen molar-refractivity contribution in [2.75, 3.05) is 31.1 Å². The molecule has 9 nitrogen and oxygen atoms in total. The summed E-state index contributed by atoms with van der Waals surface area (Å²) in [7, 11) is 0. The Kier molecular flexibility index (Phi) is 5.21. The second-order valence-electron chi connectivity index (χ2n) is 8.71. The van der Waals surface area contributed by atoms with Gasteiger partial charge in [-0.15, -0.1) is 0 Å². The summed E-state index contributed by atoms with van der Waals surface area (Å²) in [5.74, 6) is -1.78. The van der Waals surface area contributed by atoms with Gasteiger partial charge in [-0.3, -0.25) is 14.6 Å². The number of pyridine rings is 1. The van der Waals surface area contributed by atoms with Gasteiger partial charge >= 0.3 is 0 Å². The number of carbonyl (C=O) groups excluding carboxylic acids is 2. The SMILES string of the molecule is Cc1cc(N2CCN(C(=O)C(=O)c3c[nH]c4c(-c5ncon5)ccc(F)c34)CC2)c2ccccc2n1. The first-order chi connectivity index (χ1) is 17.5. The van der Waals surface area contributed by atoms with Crippen LogP contribution >= 0.6 is 0 Å². The summed E-state index contributed by atoms with van der Waals surface area (Å²) in [5.41, 5.74) is 3.68. The summed E-state index contributed by atoms with van der Waals surface area (Å²) < 4.78 is 19.6. The van der Waals surface area contributed by atoms with Crippen molar-refractivity contribution in [2.24, 2.45) is 0 Å². The number of nitrogens with zero attached hydrogens (tertiary/aromatic N) is 5. The number of ketones is 1. The van der Waals surface area contributed by atoms with Crippen molar-refractivity contribution in [1.82, 2.24) is 25.0 Å². The molecule has 0 saturated carbocycles. The molecule has 0 atom stereocenters. The zero-order valence-electron chi connectivity index (χ0n) is 19.4. The molecule has 0 spiro atoms. The number of rotatable bonds is 4. The van der Waals surface area contributed by atoms with Crippen molar-refractivity contribution >= 4 is 39.2 Å². The number of nitrogens with one attached hydrogen (secondary N) is 1. The molecule has 0 aliphatic carbocycles. The smallest absolute Gasteiger partial charge is 0.295 e. The molecule has 36 heavy (non-hydrogen) atoms. The molecule has 4 heterocycles. The molecule has 1 fully saturated rings. The third-order valence-corrected chi connectivity index (χ3v) is 6.56. The molecule has 1 amide bonds. The van der Waals surface area contributed by atoms with E-state index in [1.807, 2.05) is 37.3 Å². The molecule has 0 unspecified atom stereocenters. The van der Waals surface area contributed by atoms with Crippen molar-refractivity contribution in [2.45, 2.75) is 6.92 Å². The number of aryl methyl sites for hydroxylation is 1. The first-order valence-electron chi connectivity index (χ1n) is 11.5. The van der Waals surface area contributed by atoms with Crippen LogP contribution in [0.1, 0.15) is 16.1 Å². The van der Waals surface area contributed by atoms with Crippen LogP contribution in [0.5, 0.6) is 0 Å². The number of para-hydroxylation sites is 1. The summed E-state index contributed by atoms with van der Waals surface area (Å²) >= 11 is 0. The molecule has 1 aliphatic rings. The molecular weight excluding hydrogens is 463 g/mol. The number of piperazine rings is 1. The van der Waals surface area contributed by atoms with E-state index in [2.05, 4.69) is 25.0 Å². The molecule has 0 radical (unpaired) electrons. The number of carbonyl (C=O) groups is 2. The molecule has 1 saturated heterocycles. The second kappa shape index (κ2) is 8.56. The maximum absolute atomic E-state index is 14.8. The summed E-state index contributed by atoms with van der Waals surface area (Å²) in [5, 5.41) is 4.87. The van der Waals surface area contributed by atoms with E-state index in [9.17, 15) is 14.0 Å². The van der Waals surface area contributed by atoms with Crippen molar-refractivity contribution in [3.05, 3.63) is 72.1 Å². The predicted molar refractivity (Wildman–Crippen MR) is 131 cm³/mol. The quantitative estimate of drug-likeness (QED) is 0.306. The molecule has 2 aromatic carbocycles. The van der Waals surface area contributed by atoms with E-state index in [-0.39, 0.29) is 16.8 Å². The van der Waals surface area contributed by atoms with Gasteiger partial charge in [0.1, 0.15) is 5.82 Å². The van der Waals surface area contributed by atoms with Gasteiger partial charge in [-0.05, 0) is 31.2 Å². The van der Waals surface area contributed by atoms with E-state index in [1.54, 1.807) is 0 Å². The van der Waals surface area contributed by atoms with Crippen LogP contribution in [0.4, 0.5) is 10.1 Å². The van der Waals surface area contributed by atoms with Crippen LogP contribution in [0, 0.1) is 12.7 Å². The fourth-order valence-corrected chi connectivity index (χ4v) is 4.82. The molecule has 0 bridgehead atoms. The van der Waals surface area contributed by atoms with E-state index in [0.717, 1.165) is 22.3 Å². The fourth-order valence-electron chi connectivity index (χ4n) is 4.82. The lowest BCUT2D eigenvalue weighted by atomic mass is 10.0. The number of Topliss-reactive ketones (excluding diaryl/α,β-unsaturated/α-hetero) is 1.